The van der Waals surface area contributed by atoms with E-state index >= 15 is 0 Å². The van der Waals surface area contributed by atoms with Crippen molar-refractivity contribution in [3.05, 3.63) is 0 Å². The monoisotopic (exact) mass is 256 g/mol. The van der Waals surface area contributed by atoms with Gasteiger partial charge in [0.25, 0.3) is 0 Å². The molecule has 0 aliphatic carbocycles. The maximum Gasteiger partial charge on any atom is 0.222 e. The van der Waals surface area contributed by atoms with Crippen molar-refractivity contribution in [3.8, 4) is 0 Å². The van der Waals surface area contributed by atoms with Crippen molar-refractivity contribution in [2.75, 3.05) is 26.2 Å². The Kier molecular flexibility index (Phi) is 8.01. The number of nitrogens with one attached hydrogen (secondary N) is 1. The Morgan fingerprint density at radius 3 is 2.83 bits per heavy atom. The van der Waals surface area contributed by atoms with Crippen molar-refractivity contribution in [2.45, 2.75) is 57.9 Å². The number of hydrogen-bond donors (Lipinski definition) is 2. The Bertz CT molecular complexity index is 228. The summed E-state index contributed by atoms with van der Waals surface area (Å²) in [6.45, 7) is 4.55. The lowest BCUT2D eigenvalue weighted by molar-refractivity contribution is -0.132. The molecular weight excluding hydrogens is 228 g/mol. The van der Waals surface area contributed by atoms with Crippen molar-refractivity contribution in [3.63, 3.8) is 0 Å². The van der Waals surface area contributed by atoms with Crippen molar-refractivity contribution in [1.29, 1.82) is 0 Å². The molecule has 1 amide bonds. The van der Waals surface area contributed by atoms with Crippen LogP contribution < -0.4 is 5.32 Å². The van der Waals surface area contributed by atoms with Crippen LogP contribution in [0.1, 0.15) is 51.9 Å². The number of carbonyl (C=O) groups is 1. The third-order valence-corrected chi connectivity index (χ3v) is 3.62. The Hall–Kier alpha value is -0.610. The van der Waals surface area contributed by atoms with Crippen LogP contribution in [0.2, 0.25) is 0 Å². The topological polar surface area (TPSA) is 52.6 Å². The zero-order valence-corrected chi connectivity index (χ0v) is 11.7. The number of piperidine rings is 1. The van der Waals surface area contributed by atoms with E-state index in [1.54, 1.807) is 0 Å². The predicted molar refractivity (Wildman–Crippen MR) is 73.4 cm³/mol. The van der Waals surface area contributed by atoms with E-state index in [1.165, 1.54) is 19.3 Å². The summed E-state index contributed by atoms with van der Waals surface area (Å²) in [6, 6.07) is 0.518. The molecule has 1 heterocycles. The number of aliphatic hydroxyl groups excluding tert-OH is 1. The first kappa shape index (κ1) is 15.4. The number of rotatable bonds is 8. The highest BCUT2D eigenvalue weighted by atomic mass is 16.3. The molecule has 4 nitrogen and oxygen atoms in total. The summed E-state index contributed by atoms with van der Waals surface area (Å²) in [6.07, 6.45) is 7.39. The lowest BCUT2D eigenvalue weighted by atomic mass is 10.0. The quantitative estimate of drug-likeness (QED) is 0.692. The molecule has 0 aromatic rings. The second kappa shape index (κ2) is 9.34. The molecule has 18 heavy (non-hydrogen) atoms. The van der Waals surface area contributed by atoms with E-state index < -0.39 is 0 Å². The third kappa shape index (κ3) is 5.83. The number of aliphatic hydroxyl groups is 1. The van der Waals surface area contributed by atoms with Crippen LogP contribution in [0.25, 0.3) is 0 Å². The first-order valence-electron chi connectivity index (χ1n) is 7.40. The zero-order valence-electron chi connectivity index (χ0n) is 11.7. The highest BCUT2D eigenvalue weighted by molar-refractivity contribution is 5.76. The van der Waals surface area contributed by atoms with Crippen LogP contribution in [0.4, 0.5) is 0 Å². The van der Waals surface area contributed by atoms with Crippen LogP contribution in [0.15, 0.2) is 0 Å². The van der Waals surface area contributed by atoms with Gasteiger partial charge in [-0.3, -0.25) is 4.79 Å². The standard InChI is InChI=1S/C14H28N2O2/c1-2-3-10-16(11-12-17)14(18)8-7-13-6-4-5-9-15-13/h13,15,17H,2-12H2,1H3. The summed E-state index contributed by atoms with van der Waals surface area (Å²) >= 11 is 0. The molecule has 1 aliphatic heterocycles. The van der Waals surface area contributed by atoms with E-state index in [-0.39, 0.29) is 12.5 Å². The normalized spacial score (nSPS) is 19.8. The van der Waals surface area contributed by atoms with E-state index in [0.29, 0.717) is 19.0 Å². The molecule has 106 valence electrons. The van der Waals surface area contributed by atoms with Gasteiger partial charge in [0.2, 0.25) is 5.91 Å². The second-order valence-corrected chi connectivity index (χ2v) is 5.14. The van der Waals surface area contributed by atoms with Gasteiger partial charge in [-0.25, -0.2) is 0 Å². The molecule has 0 spiro atoms. The number of amides is 1. The van der Waals surface area contributed by atoms with Crippen LogP contribution in [-0.2, 0) is 4.79 Å². The Balaban J connectivity index is 2.26. The van der Waals surface area contributed by atoms with Crippen molar-refractivity contribution in [1.82, 2.24) is 10.2 Å². The summed E-state index contributed by atoms with van der Waals surface area (Å²) < 4.78 is 0. The molecule has 1 atom stereocenters. The van der Waals surface area contributed by atoms with E-state index in [0.717, 1.165) is 32.4 Å². The smallest absolute Gasteiger partial charge is 0.222 e. The molecule has 0 aromatic heterocycles. The number of carbonyl (C=O) groups excluding carboxylic acids is 1. The van der Waals surface area contributed by atoms with Gasteiger partial charge in [-0.1, -0.05) is 19.8 Å². The molecule has 1 aliphatic rings. The molecule has 1 rings (SSSR count). The van der Waals surface area contributed by atoms with Gasteiger partial charge in [0.05, 0.1) is 6.61 Å². The van der Waals surface area contributed by atoms with Crippen LogP contribution >= 0.6 is 0 Å². The minimum atomic E-state index is 0.0666. The van der Waals surface area contributed by atoms with E-state index in [9.17, 15) is 4.79 Å². The molecule has 4 heteroatoms. The Morgan fingerprint density at radius 1 is 1.39 bits per heavy atom. The molecule has 0 bridgehead atoms. The van der Waals surface area contributed by atoms with Gasteiger partial charge in [-0.2, -0.15) is 0 Å². The fourth-order valence-electron chi connectivity index (χ4n) is 2.46. The highest BCUT2D eigenvalue weighted by Crippen LogP contribution is 2.12. The SMILES string of the molecule is CCCCN(CCO)C(=O)CCC1CCCCN1. The first-order chi connectivity index (χ1) is 8.77. The minimum absolute atomic E-state index is 0.0666. The van der Waals surface area contributed by atoms with E-state index in [4.69, 9.17) is 5.11 Å². The zero-order chi connectivity index (χ0) is 13.2. The van der Waals surface area contributed by atoms with Gasteiger partial charge in [0.15, 0.2) is 0 Å². The Morgan fingerprint density at radius 2 is 2.22 bits per heavy atom. The maximum atomic E-state index is 12.1. The van der Waals surface area contributed by atoms with E-state index in [1.807, 2.05) is 4.90 Å². The molecule has 2 N–H and O–H groups in total. The van der Waals surface area contributed by atoms with Crippen LogP contribution in [-0.4, -0.2) is 48.2 Å². The Labute approximate surface area is 111 Å². The summed E-state index contributed by atoms with van der Waals surface area (Å²) in [7, 11) is 0. The predicted octanol–water partition coefficient (Wildman–Crippen LogP) is 1.53. The maximum absolute atomic E-state index is 12.1. The average Bonchev–Trinajstić information content (AvgIpc) is 2.42. The summed E-state index contributed by atoms with van der Waals surface area (Å²) in [5.41, 5.74) is 0. The number of hydrogen-bond acceptors (Lipinski definition) is 3. The fourth-order valence-corrected chi connectivity index (χ4v) is 2.46. The van der Waals surface area contributed by atoms with Gasteiger partial charge >= 0.3 is 0 Å². The van der Waals surface area contributed by atoms with Crippen molar-refractivity contribution < 1.29 is 9.90 Å². The van der Waals surface area contributed by atoms with Crippen LogP contribution in [0, 0.1) is 0 Å². The van der Waals surface area contributed by atoms with Crippen LogP contribution in [0.3, 0.4) is 0 Å². The molecule has 0 radical (unpaired) electrons. The summed E-state index contributed by atoms with van der Waals surface area (Å²) in [5, 5.41) is 12.5. The van der Waals surface area contributed by atoms with E-state index in [2.05, 4.69) is 12.2 Å². The molecule has 1 saturated heterocycles. The second-order valence-electron chi connectivity index (χ2n) is 5.14. The minimum Gasteiger partial charge on any atom is -0.395 e. The highest BCUT2D eigenvalue weighted by Gasteiger charge is 2.17. The third-order valence-electron chi connectivity index (χ3n) is 3.62. The molecule has 1 fully saturated rings. The molecular formula is C14H28N2O2. The van der Waals surface area contributed by atoms with Crippen molar-refractivity contribution in [2.24, 2.45) is 0 Å². The lowest BCUT2D eigenvalue weighted by Crippen LogP contribution is -2.38. The fraction of sp³-hybridized carbons (Fsp3) is 0.929. The van der Waals surface area contributed by atoms with Gasteiger partial charge < -0.3 is 15.3 Å². The number of unbranched alkanes of at least 4 members (excludes halogenated alkanes) is 1. The number of nitrogens with zero attached hydrogens (tertiary/aromatic N) is 1. The van der Waals surface area contributed by atoms with Gasteiger partial charge in [-0.15, -0.1) is 0 Å². The van der Waals surface area contributed by atoms with Gasteiger partial charge in [0.1, 0.15) is 0 Å². The molecule has 0 aromatic carbocycles. The van der Waals surface area contributed by atoms with Crippen molar-refractivity contribution >= 4 is 5.91 Å². The summed E-state index contributed by atoms with van der Waals surface area (Å²) in [5.74, 6) is 0.199. The summed E-state index contributed by atoms with van der Waals surface area (Å²) in [4.78, 5) is 13.9. The average molecular weight is 256 g/mol. The van der Waals surface area contributed by atoms with Gasteiger partial charge in [0, 0.05) is 25.6 Å². The lowest BCUT2D eigenvalue weighted by Gasteiger charge is -2.25. The van der Waals surface area contributed by atoms with Gasteiger partial charge in [-0.05, 0) is 32.2 Å². The molecule has 0 saturated carbocycles. The largest absolute Gasteiger partial charge is 0.395 e. The first-order valence-corrected chi connectivity index (χ1v) is 7.40. The molecule has 1 unspecified atom stereocenters. The van der Waals surface area contributed by atoms with Crippen LogP contribution in [0.5, 0.6) is 0 Å².